The van der Waals surface area contributed by atoms with Crippen molar-refractivity contribution in [3.8, 4) is 5.75 Å². The molecule has 12 heavy (non-hydrogen) atoms. The minimum absolute atomic E-state index is 0.0850. The molecule has 0 saturated carbocycles. The Bertz CT molecular complexity index is 342. The molecule has 1 atom stereocenters. The Morgan fingerprint density at radius 1 is 1.50 bits per heavy atom. The third kappa shape index (κ3) is 0.916. The molecule has 2 rings (SSSR count). The highest BCUT2D eigenvalue weighted by atomic mass is 16.3. The van der Waals surface area contributed by atoms with Crippen molar-refractivity contribution in [2.45, 2.75) is 13.3 Å². The number of fused-ring (bicyclic) bond motifs is 1. The summed E-state index contributed by atoms with van der Waals surface area (Å²) in [5.41, 5.74) is 1.76. The van der Waals surface area contributed by atoms with Gasteiger partial charge in [-0.05, 0) is 30.2 Å². The summed E-state index contributed by atoms with van der Waals surface area (Å²) in [5, 5.41) is 9.16. The van der Waals surface area contributed by atoms with Gasteiger partial charge in [0.25, 0.3) is 0 Å². The molecule has 1 aliphatic carbocycles. The highest BCUT2D eigenvalue weighted by Crippen LogP contribution is 2.28. The fraction of sp³-hybridized carbons (Fsp3) is 0.300. The molecule has 0 aliphatic heterocycles. The molecule has 62 valence electrons. The number of Topliss-reactive ketones (excluding diaryl/α,β-unsaturated/α-hetero) is 1. The molecule has 1 N–H and O–H groups in total. The molecule has 1 aliphatic rings. The maximum absolute atomic E-state index is 11.4. The van der Waals surface area contributed by atoms with Gasteiger partial charge >= 0.3 is 0 Å². The summed E-state index contributed by atoms with van der Waals surface area (Å²) in [7, 11) is 0. The van der Waals surface area contributed by atoms with Crippen molar-refractivity contribution in [2.24, 2.45) is 5.92 Å². The van der Waals surface area contributed by atoms with Crippen LogP contribution < -0.4 is 0 Å². The number of hydrogen-bond acceptors (Lipinski definition) is 2. The van der Waals surface area contributed by atoms with Gasteiger partial charge in [0.2, 0.25) is 0 Å². The molecule has 0 unspecified atom stereocenters. The smallest absolute Gasteiger partial charge is 0.166 e. The highest BCUT2D eigenvalue weighted by Gasteiger charge is 2.26. The Hall–Kier alpha value is -1.31. The van der Waals surface area contributed by atoms with Crippen molar-refractivity contribution in [1.82, 2.24) is 0 Å². The minimum Gasteiger partial charge on any atom is -0.508 e. The van der Waals surface area contributed by atoms with Crippen molar-refractivity contribution in [2.75, 3.05) is 0 Å². The Morgan fingerprint density at radius 3 is 3.00 bits per heavy atom. The van der Waals surface area contributed by atoms with Gasteiger partial charge in [-0.25, -0.2) is 0 Å². The Balaban J connectivity index is 2.54. The zero-order valence-corrected chi connectivity index (χ0v) is 6.87. The fourth-order valence-electron chi connectivity index (χ4n) is 1.68. The summed E-state index contributed by atoms with van der Waals surface area (Å²) in [5.74, 6) is 0.530. The molecule has 2 heteroatoms. The molecule has 0 aromatic heterocycles. The molecule has 0 spiro atoms. The van der Waals surface area contributed by atoms with Crippen molar-refractivity contribution < 1.29 is 9.90 Å². The van der Waals surface area contributed by atoms with Crippen LogP contribution in [0.2, 0.25) is 0 Å². The fourth-order valence-corrected chi connectivity index (χ4v) is 1.68. The van der Waals surface area contributed by atoms with E-state index in [0.29, 0.717) is 0 Å². The van der Waals surface area contributed by atoms with Crippen molar-refractivity contribution in [3.63, 3.8) is 0 Å². The maximum Gasteiger partial charge on any atom is 0.166 e. The predicted octanol–water partition coefficient (Wildman–Crippen LogP) is 1.77. The number of rotatable bonds is 0. The van der Waals surface area contributed by atoms with Crippen LogP contribution in [-0.2, 0) is 6.42 Å². The van der Waals surface area contributed by atoms with E-state index in [2.05, 4.69) is 0 Å². The zero-order chi connectivity index (χ0) is 8.72. The molecule has 0 bridgehead atoms. The molecule has 2 nitrogen and oxygen atoms in total. The van der Waals surface area contributed by atoms with Gasteiger partial charge in [-0.15, -0.1) is 0 Å². The summed E-state index contributed by atoms with van der Waals surface area (Å²) >= 11 is 0. The van der Waals surface area contributed by atoms with E-state index in [4.69, 9.17) is 5.11 Å². The summed E-state index contributed by atoms with van der Waals surface area (Å²) < 4.78 is 0. The minimum atomic E-state index is 0.0850. The van der Waals surface area contributed by atoms with Gasteiger partial charge in [0.1, 0.15) is 5.75 Å². The number of phenols is 1. The maximum atomic E-state index is 11.4. The topological polar surface area (TPSA) is 37.3 Å². The first-order valence-electron chi connectivity index (χ1n) is 4.04. The molecule has 1 aromatic carbocycles. The summed E-state index contributed by atoms with van der Waals surface area (Å²) in [4.78, 5) is 11.4. The van der Waals surface area contributed by atoms with Gasteiger partial charge in [-0.1, -0.05) is 6.92 Å². The summed E-state index contributed by atoms with van der Waals surface area (Å²) in [6, 6.07) is 4.95. The second-order valence-electron chi connectivity index (χ2n) is 3.31. The lowest BCUT2D eigenvalue weighted by Crippen LogP contribution is -2.02. The Morgan fingerprint density at radius 2 is 2.25 bits per heavy atom. The van der Waals surface area contributed by atoms with Crippen LogP contribution in [0.3, 0.4) is 0 Å². The van der Waals surface area contributed by atoms with Gasteiger partial charge in [-0.2, -0.15) is 0 Å². The van der Waals surface area contributed by atoms with E-state index in [-0.39, 0.29) is 17.5 Å². The molecule has 0 saturated heterocycles. The number of aromatic hydroxyl groups is 1. The third-order valence-electron chi connectivity index (χ3n) is 2.33. The van der Waals surface area contributed by atoms with Crippen LogP contribution in [0.5, 0.6) is 5.75 Å². The Labute approximate surface area is 70.8 Å². The SMILES string of the molecule is C[C@@H]1Cc2cc(O)ccc2C1=O. The van der Waals surface area contributed by atoms with Crippen LogP contribution in [0.25, 0.3) is 0 Å². The first kappa shape index (κ1) is 7.35. The normalized spacial score (nSPS) is 21.1. The quantitative estimate of drug-likeness (QED) is 0.631. The van der Waals surface area contributed by atoms with Crippen LogP contribution in [0.1, 0.15) is 22.8 Å². The number of ketones is 1. The number of hydrogen-bond donors (Lipinski definition) is 1. The molecule has 1 aromatic rings. The first-order chi connectivity index (χ1) is 5.68. The lowest BCUT2D eigenvalue weighted by atomic mass is 10.1. The second-order valence-corrected chi connectivity index (χ2v) is 3.31. The monoisotopic (exact) mass is 162 g/mol. The average Bonchev–Trinajstić information content (AvgIpc) is 2.28. The highest BCUT2D eigenvalue weighted by molar-refractivity contribution is 6.02. The average molecular weight is 162 g/mol. The number of carbonyl (C=O) groups is 1. The third-order valence-corrected chi connectivity index (χ3v) is 2.33. The molecule has 0 radical (unpaired) electrons. The predicted molar refractivity (Wildman–Crippen MR) is 45.3 cm³/mol. The van der Waals surface area contributed by atoms with E-state index in [1.807, 2.05) is 6.92 Å². The van der Waals surface area contributed by atoms with Crippen molar-refractivity contribution >= 4 is 5.78 Å². The van der Waals surface area contributed by atoms with Crippen LogP contribution >= 0.6 is 0 Å². The van der Waals surface area contributed by atoms with Crippen LogP contribution in [-0.4, -0.2) is 10.9 Å². The molecule has 0 fully saturated rings. The standard InChI is InChI=1S/C10H10O2/c1-6-4-7-5-8(11)2-3-9(7)10(6)12/h2-3,5-6,11H,4H2,1H3/t6-/m1/s1. The summed E-state index contributed by atoms with van der Waals surface area (Å²) in [6.07, 6.45) is 0.766. The molecule has 0 amide bonds. The molecular weight excluding hydrogens is 152 g/mol. The second kappa shape index (κ2) is 2.34. The van der Waals surface area contributed by atoms with Crippen LogP contribution in [0.15, 0.2) is 18.2 Å². The van der Waals surface area contributed by atoms with E-state index in [9.17, 15) is 4.79 Å². The van der Waals surface area contributed by atoms with Gasteiger partial charge < -0.3 is 5.11 Å². The molecule has 0 heterocycles. The lowest BCUT2D eigenvalue weighted by Gasteiger charge is -1.96. The van der Waals surface area contributed by atoms with Crippen molar-refractivity contribution in [3.05, 3.63) is 29.3 Å². The van der Waals surface area contributed by atoms with Crippen molar-refractivity contribution in [1.29, 1.82) is 0 Å². The van der Waals surface area contributed by atoms with E-state index >= 15 is 0 Å². The Kier molecular flexibility index (Phi) is 1.43. The summed E-state index contributed by atoms with van der Waals surface area (Å²) in [6.45, 7) is 1.92. The van der Waals surface area contributed by atoms with Crippen LogP contribution in [0.4, 0.5) is 0 Å². The zero-order valence-electron chi connectivity index (χ0n) is 6.87. The number of benzene rings is 1. The van der Waals surface area contributed by atoms with Crippen LogP contribution in [0, 0.1) is 5.92 Å². The van der Waals surface area contributed by atoms with Gasteiger partial charge in [0.15, 0.2) is 5.78 Å². The van der Waals surface area contributed by atoms with E-state index in [0.717, 1.165) is 17.5 Å². The van der Waals surface area contributed by atoms with E-state index < -0.39 is 0 Å². The molecular formula is C10H10O2. The largest absolute Gasteiger partial charge is 0.508 e. The number of phenolic OH excluding ortho intramolecular Hbond substituents is 1. The van der Waals surface area contributed by atoms with E-state index in [1.54, 1.807) is 18.2 Å². The first-order valence-corrected chi connectivity index (χ1v) is 4.04. The van der Waals surface area contributed by atoms with Gasteiger partial charge in [0, 0.05) is 11.5 Å². The van der Waals surface area contributed by atoms with Gasteiger partial charge in [-0.3, -0.25) is 4.79 Å². The lowest BCUT2D eigenvalue weighted by molar-refractivity contribution is 0.0946. The van der Waals surface area contributed by atoms with Gasteiger partial charge in [0.05, 0.1) is 0 Å². The number of carbonyl (C=O) groups excluding carboxylic acids is 1. The van der Waals surface area contributed by atoms with E-state index in [1.165, 1.54) is 0 Å².